The van der Waals surface area contributed by atoms with Crippen molar-refractivity contribution in [3.63, 3.8) is 0 Å². The molecule has 1 heterocycles. The Hall–Kier alpha value is -3.57. The second-order valence-corrected chi connectivity index (χ2v) is 8.88. The smallest absolute Gasteiger partial charge is 0.220 e. The molecule has 33 heavy (non-hydrogen) atoms. The van der Waals surface area contributed by atoms with Crippen LogP contribution in [0, 0.1) is 6.92 Å². The number of rotatable bonds is 9. The highest BCUT2D eigenvalue weighted by Crippen LogP contribution is 2.29. The predicted octanol–water partition coefficient (Wildman–Crippen LogP) is 6.45. The first-order chi connectivity index (χ1) is 16.1. The van der Waals surface area contributed by atoms with Gasteiger partial charge in [-0.1, -0.05) is 84.4 Å². The number of amides is 1. The molecule has 0 spiro atoms. The van der Waals surface area contributed by atoms with Crippen molar-refractivity contribution in [1.29, 1.82) is 0 Å². The number of aryl methyl sites for hydroxylation is 1. The molecule has 4 nitrogen and oxygen atoms in total. The zero-order chi connectivity index (χ0) is 23.0. The summed E-state index contributed by atoms with van der Waals surface area (Å²) in [6.07, 6.45) is 1.27. The molecular formula is C28H26N2O2S. The third kappa shape index (κ3) is 6.24. The van der Waals surface area contributed by atoms with Crippen molar-refractivity contribution in [1.82, 2.24) is 10.3 Å². The van der Waals surface area contributed by atoms with E-state index in [1.807, 2.05) is 42.5 Å². The van der Waals surface area contributed by atoms with Gasteiger partial charge in [0, 0.05) is 41.5 Å². The lowest BCUT2D eigenvalue weighted by Gasteiger charge is -2.06. The first-order valence-corrected chi connectivity index (χ1v) is 11.9. The van der Waals surface area contributed by atoms with Crippen molar-refractivity contribution >= 4 is 23.0 Å². The second-order valence-electron chi connectivity index (χ2n) is 8.02. The lowest BCUT2D eigenvalue weighted by atomic mass is 10.1. The SMILES string of the molecule is Cc1ccc(-c2csc(-c3ccc(CNC(=O)CCCC(=O)c4ccccc4)cc3)n2)cc1. The summed E-state index contributed by atoms with van der Waals surface area (Å²) >= 11 is 1.63. The van der Waals surface area contributed by atoms with E-state index in [1.54, 1.807) is 23.5 Å². The highest BCUT2D eigenvalue weighted by Gasteiger charge is 2.09. The Balaban J connectivity index is 1.24. The number of hydrogen-bond acceptors (Lipinski definition) is 4. The van der Waals surface area contributed by atoms with E-state index in [-0.39, 0.29) is 11.7 Å². The van der Waals surface area contributed by atoms with Gasteiger partial charge in [-0.15, -0.1) is 11.3 Å². The number of ketones is 1. The molecule has 1 N–H and O–H groups in total. The van der Waals surface area contributed by atoms with Crippen LogP contribution < -0.4 is 5.32 Å². The van der Waals surface area contributed by atoms with E-state index in [1.165, 1.54) is 5.56 Å². The van der Waals surface area contributed by atoms with Crippen molar-refractivity contribution in [3.8, 4) is 21.8 Å². The molecule has 0 atom stereocenters. The normalized spacial score (nSPS) is 10.7. The fraction of sp³-hybridized carbons (Fsp3) is 0.179. The fourth-order valence-corrected chi connectivity index (χ4v) is 4.33. The Kier molecular flexibility index (Phi) is 7.43. The third-order valence-electron chi connectivity index (χ3n) is 5.45. The molecule has 0 fully saturated rings. The number of nitrogens with zero attached hydrogens (tertiary/aromatic N) is 1. The van der Waals surface area contributed by atoms with Gasteiger partial charge in [0.1, 0.15) is 5.01 Å². The number of carbonyl (C=O) groups is 2. The topological polar surface area (TPSA) is 59.1 Å². The van der Waals surface area contributed by atoms with E-state index in [0.29, 0.717) is 31.4 Å². The first-order valence-electron chi connectivity index (χ1n) is 11.1. The average Bonchev–Trinajstić information content (AvgIpc) is 3.34. The molecule has 0 radical (unpaired) electrons. The number of thiazole rings is 1. The Morgan fingerprint density at radius 3 is 2.27 bits per heavy atom. The van der Waals surface area contributed by atoms with Crippen LogP contribution in [0.25, 0.3) is 21.8 Å². The highest BCUT2D eigenvalue weighted by atomic mass is 32.1. The van der Waals surface area contributed by atoms with Crippen molar-refractivity contribution in [2.75, 3.05) is 0 Å². The summed E-state index contributed by atoms with van der Waals surface area (Å²) in [5, 5.41) is 5.99. The van der Waals surface area contributed by atoms with Crippen molar-refractivity contribution < 1.29 is 9.59 Å². The quantitative estimate of drug-likeness (QED) is 0.296. The summed E-state index contributed by atoms with van der Waals surface area (Å²) in [5.74, 6) is 0.0364. The number of carbonyl (C=O) groups excluding carboxylic acids is 2. The molecule has 0 aliphatic carbocycles. The van der Waals surface area contributed by atoms with Crippen LogP contribution in [-0.4, -0.2) is 16.7 Å². The monoisotopic (exact) mass is 454 g/mol. The molecule has 1 amide bonds. The van der Waals surface area contributed by atoms with E-state index < -0.39 is 0 Å². The molecule has 0 saturated heterocycles. The number of aromatic nitrogens is 1. The zero-order valence-electron chi connectivity index (χ0n) is 18.6. The molecule has 0 unspecified atom stereocenters. The minimum atomic E-state index is -0.0393. The summed E-state index contributed by atoms with van der Waals surface area (Å²) < 4.78 is 0. The standard InChI is InChI=1S/C28H26N2O2S/c1-20-10-14-22(15-11-20)25-19-33-28(30-25)24-16-12-21(13-17-24)18-29-27(32)9-5-8-26(31)23-6-3-2-4-7-23/h2-4,6-7,10-17,19H,5,8-9,18H2,1H3,(H,29,32). The summed E-state index contributed by atoms with van der Waals surface area (Å²) in [6.45, 7) is 2.55. The summed E-state index contributed by atoms with van der Waals surface area (Å²) in [4.78, 5) is 29.0. The molecule has 4 aromatic rings. The van der Waals surface area contributed by atoms with Gasteiger partial charge in [-0.3, -0.25) is 9.59 Å². The van der Waals surface area contributed by atoms with Gasteiger partial charge in [0.15, 0.2) is 5.78 Å². The molecule has 5 heteroatoms. The van der Waals surface area contributed by atoms with Crippen LogP contribution in [-0.2, 0) is 11.3 Å². The molecule has 0 saturated carbocycles. The van der Waals surface area contributed by atoms with E-state index in [4.69, 9.17) is 4.98 Å². The van der Waals surface area contributed by atoms with Gasteiger partial charge in [0.25, 0.3) is 0 Å². The lowest BCUT2D eigenvalue weighted by Crippen LogP contribution is -2.22. The maximum Gasteiger partial charge on any atom is 0.220 e. The fourth-order valence-electron chi connectivity index (χ4n) is 3.50. The molecular weight excluding hydrogens is 428 g/mol. The van der Waals surface area contributed by atoms with Gasteiger partial charge < -0.3 is 5.32 Å². The molecule has 3 aromatic carbocycles. The molecule has 0 aliphatic heterocycles. The molecule has 166 valence electrons. The predicted molar refractivity (Wildman–Crippen MR) is 134 cm³/mol. The average molecular weight is 455 g/mol. The first kappa shape index (κ1) is 22.6. The second kappa shape index (κ2) is 10.8. The summed E-state index contributed by atoms with van der Waals surface area (Å²) in [6, 6.07) is 25.7. The third-order valence-corrected chi connectivity index (χ3v) is 6.34. The van der Waals surface area contributed by atoms with Crippen molar-refractivity contribution in [3.05, 3.63) is 101 Å². The van der Waals surface area contributed by atoms with Crippen LogP contribution in [0.4, 0.5) is 0 Å². The van der Waals surface area contributed by atoms with Crippen molar-refractivity contribution in [2.24, 2.45) is 0 Å². The van der Waals surface area contributed by atoms with E-state index in [2.05, 4.69) is 41.9 Å². The van der Waals surface area contributed by atoms with Crippen LogP contribution in [0.2, 0.25) is 0 Å². The number of Topliss-reactive ketones (excluding diaryl/α,β-unsaturated/α-hetero) is 1. The van der Waals surface area contributed by atoms with Crippen LogP contribution in [0.3, 0.4) is 0 Å². The van der Waals surface area contributed by atoms with Gasteiger partial charge in [-0.05, 0) is 18.9 Å². The number of benzene rings is 3. The van der Waals surface area contributed by atoms with Gasteiger partial charge in [-0.2, -0.15) is 0 Å². The zero-order valence-corrected chi connectivity index (χ0v) is 19.4. The Bertz CT molecular complexity index is 1210. The Morgan fingerprint density at radius 1 is 0.848 bits per heavy atom. The molecule has 1 aromatic heterocycles. The Labute approximate surface area is 198 Å². The van der Waals surface area contributed by atoms with E-state index in [9.17, 15) is 9.59 Å². The van der Waals surface area contributed by atoms with E-state index in [0.717, 1.165) is 27.4 Å². The van der Waals surface area contributed by atoms with Crippen molar-refractivity contribution in [2.45, 2.75) is 32.7 Å². The number of nitrogens with one attached hydrogen (secondary N) is 1. The lowest BCUT2D eigenvalue weighted by molar-refractivity contribution is -0.121. The minimum Gasteiger partial charge on any atom is -0.352 e. The molecule has 4 rings (SSSR count). The molecule has 0 aliphatic rings. The number of hydrogen-bond donors (Lipinski definition) is 1. The molecule has 0 bridgehead atoms. The van der Waals surface area contributed by atoms with Gasteiger partial charge in [-0.25, -0.2) is 4.98 Å². The van der Waals surface area contributed by atoms with Crippen LogP contribution in [0.1, 0.15) is 40.7 Å². The summed E-state index contributed by atoms with van der Waals surface area (Å²) in [7, 11) is 0. The largest absolute Gasteiger partial charge is 0.352 e. The maximum absolute atomic E-state index is 12.2. The highest BCUT2D eigenvalue weighted by molar-refractivity contribution is 7.13. The van der Waals surface area contributed by atoms with Crippen LogP contribution >= 0.6 is 11.3 Å². The minimum absolute atomic E-state index is 0.0393. The maximum atomic E-state index is 12.2. The van der Waals surface area contributed by atoms with Gasteiger partial charge in [0.05, 0.1) is 5.69 Å². The van der Waals surface area contributed by atoms with E-state index >= 15 is 0 Å². The van der Waals surface area contributed by atoms with Crippen LogP contribution in [0.15, 0.2) is 84.2 Å². The Morgan fingerprint density at radius 2 is 1.55 bits per heavy atom. The van der Waals surface area contributed by atoms with Gasteiger partial charge >= 0.3 is 0 Å². The van der Waals surface area contributed by atoms with Crippen LogP contribution in [0.5, 0.6) is 0 Å². The summed E-state index contributed by atoms with van der Waals surface area (Å²) in [5.41, 5.74) is 6.13. The van der Waals surface area contributed by atoms with Gasteiger partial charge in [0.2, 0.25) is 5.91 Å².